The lowest BCUT2D eigenvalue weighted by molar-refractivity contribution is 1.27. The fourth-order valence-electron chi connectivity index (χ4n) is 1.70. The maximum Gasteiger partial charge on any atom is 0.0396 e. The number of hydrogen-bond acceptors (Lipinski definition) is 2. The molecule has 0 amide bonds. The van der Waals surface area contributed by atoms with Gasteiger partial charge in [-0.15, -0.1) is 0 Å². The van der Waals surface area contributed by atoms with Crippen molar-refractivity contribution >= 4 is 5.69 Å². The van der Waals surface area contributed by atoms with Gasteiger partial charge >= 0.3 is 0 Å². The van der Waals surface area contributed by atoms with Gasteiger partial charge in [0, 0.05) is 23.6 Å². The molecule has 0 saturated heterocycles. The lowest BCUT2D eigenvalue weighted by atomic mass is 10.00. The van der Waals surface area contributed by atoms with Gasteiger partial charge < -0.3 is 5.73 Å². The van der Waals surface area contributed by atoms with Crippen molar-refractivity contribution in [2.24, 2.45) is 0 Å². The molecule has 2 rings (SSSR count). The van der Waals surface area contributed by atoms with Gasteiger partial charge in [-0.25, -0.2) is 0 Å². The summed E-state index contributed by atoms with van der Waals surface area (Å²) < 4.78 is 0. The summed E-state index contributed by atoms with van der Waals surface area (Å²) in [6, 6.07) is 8.13. The van der Waals surface area contributed by atoms with E-state index in [1.807, 2.05) is 32.2 Å². The minimum Gasteiger partial charge on any atom is -0.398 e. The SMILES string of the molecule is Cc1ccc(-c2ccncc2C)c(N)c1. The van der Waals surface area contributed by atoms with Gasteiger partial charge in [-0.05, 0) is 42.7 Å². The molecule has 76 valence electrons. The van der Waals surface area contributed by atoms with Crippen molar-refractivity contribution in [1.82, 2.24) is 4.98 Å². The molecule has 2 aromatic rings. The van der Waals surface area contributed by atoms with Crippen LogP contribution in [0.1, 0.15) is 11.1 Å². The molecule has 2 heteroatoms. The van der Waals surface area contributed by atoms with Crippen LogP contribution < -0.4 is 5.73 Å². The van der Waals surface area contributed by atoms with Gasteiger partial charge in [-0.3, -0.25) is 4.98 Å². The van der Waals surface area contributed by atoms with E-state index >= 15 is 0 Å². The Labute approximate surface area is 89.8 Å². The van der Waals surface area contributed by atoms with E-state index in [2.05, 4.69) is 17.1 Å². The molecule has 1 heterocycles. The Kier molecular flexibility index (Phi) is 2.42. The van der Waals surface area contributed by atoms with E-state index in [4.69, 9.17) is 5.73 Å². The highest BCUT2D eigenvalue weighted by Gasteiger charge is 2.04. The van der Waals surface area contributed by atoms with Crippen LogP contribution in [0.4, 0.5) is 5.69 Å². The van der Waals surface area contributed by atoms with Crippen LogP contribution in [0.5, 0.6) is 0 Å². The molecule has 0 aliphatic rings. The maximum absolute atomic E-state index is 6.00. The van der Waals surface area contributed by atoms with E-state index in [0.29, 0.717) is 0 Å². The molecule has 0 saturated carbocycles. The normalized spacial score (nSPS) is 10.3. The van der Waals surface area contributed by atoms with Gasteiger partial charge in [0.25, 0.3) is 0 Å². The molecule has 0 fully saturated rings. The number of benzene rings is 1. The first kappa shape index (κ1) is 9.71. The van der Waals surface area contributed by atoms with Gasteiger partial charge in [0.1, 0.15) is 0 Å². The summed E-state index contributed by atoms with van der Waals surface area (Å²) in [6.07, 6.45) is 3.65. The molecule has 2 N–H and O–H groups in total. The third-order valence-corrected chi connectivity index (χ3v) is 2.52. The van der Waals surface area contributed by atoms with Gasteiger partial charge in [0.2, 0.25) is 0 Å². The summed E-state index contributed by atoms with van der Waals surface area (Å²) in [6.45, 7) is 4.08. The summed E-state index contributed by atoms with van der Waals surface area (Å²) in [7, 11) is 0. The number of aryl methyl sites for hydroxylation is 2. The van der Waals surface area contributed by atoms with Crippen molar-refractivity contribution in [3.8, 4) is 11.1 Å². The number of nitrogen functional groups attached to an aromatic ring is 1. The van der Waals surface area contributed by atoms with Crippen LogP contribution in [0, 0.1) is 13.8 Å². The topological polar surface area (TPSA) is 38.9 Å². The third-order valence-electron chi connectivity index (χ3n) is 2.52. The molecule has 0 unspecified atom stereocenters. The Balaban J connectivity index is 2.60. The summed E-state index contributed by atoms with van der Waals surface area (Å²) in [4.78, 5) is 4.08. The Hall–Kier alpha value is -1.83. The maximum atomic E-state index is 6.00. The Morgan fingerprint density at radius 3 is 2.53 bits per heavy atom. The zero-order valence-electron chi connectivity index (χ0n) is 8.99. The van der Waals surface area contributed by atoms with Crippen LogP contribution >= 0.6 is 0 Å². The predicted octanol–water partition coefficient (Wildman–Crippen LogP) is 2.95. The molecule has 0 aliphatic heterocycles. The highest BCUT2D eigenvalue weighted by molar-refractivity contribution is 5.78. The minimum absolute atomic E-state index is 0.823. The van der Waals surface area contributed by atoms with Gasteiger partial charge in [-0.2, -0.15) is 0 Å². The fraction of sp³-hybridized carbons (Fsp3) is 0.154. The molecule has 15 heavy (non-hydrogen) atoms. The highest BCUT2D eigenvalue weighted by Crippen LogP contribution is 2.28. The molecule has 0 aliphatic carbocycles. The number of aromatic nitrogens is 1. The fourth-order valence-corrected chi connectivity index (χ4v) is 1.70. The second kappa shape index (κ2) is 3.73. The third kappa shape index (κ3) is 1.84. The van der Waals surface area contributed by atoms with E-state index in [0.717, 1.165) is 22.4 Å². The zero-order valence-corrected chi connectivity index (χ0v) is 8.99. The minimum atomic E-state index is 0.823. The molecule has 1 aromatic heterocycles. The summed E-state index contributed by atoms with van der Waals surface area (Å²) >= 11 is 0. The number of anilines is 1. The van der Waals surface area contributed by atoms with Gasteiger partial charge in [0.15, 0.2) is 0 Å². The summed E-state index contributed by atoms with van der Waals surface area (Å²) in [5, 5.41) is 0. The Bertz CT molecular complexity index is 490. The van der Waals surface area contributed by atoms with Crippen molar-refractivity contribution < 1.29 is 0 Å². The lowest BCUT2D eigenvalue weighted by Crippen LogP contribution is -1.92. The van der Waals surface area contributed by atoms with Crippen molar-refractivity contribution in [2.75, 3.05) is 5.73 Å². The van der Waals surface area contributed by atoms with Crippen LogP contribution in [0.2, 0.25) is 0 Å². The second-order valence-corrected chi connectivity index (χ2v) is 3.78. The van der Waals surface area contributed by atoms with Crippen molar-refractivity contribution in [3.63, 3.8) is 0 Å². The number of nitrogens with two attached hydrogens (primary N) is 1. The van der Waals surface area contributed by atoms with E-state index in [1.54, 1.807) is 6.20 Å². The number of nitrogens with zero attached hydrogens (tertiary/aromatic N) is 1. The molecule has 0 radical (unpaired) electrons. The number of rotatable bonds is 1. The molecule has 2 nitrogen and oxygen atoms in total. The first-order chi connectivity index (χ1) is 7.18. The van der Waals surface area contributed by atoms with Crippen LogP contribution in [0.25, 0.3) is 11.1 Å². The van der Waals surface area contributed by atoms with Crippen molar-refractivity contribution in [3.05, 3.63) is 47.8 Å². The first-order valence-corrected chi connectivity index (χ1v) is 4.95. The standard InChI is InChI=1S/C13H14N2/c1-9-3-4-12(13(14)7-9)11-5-6-15-8-10(11)2/h3-8H,14H2,1-2H3. The molecule has 0 bridgehead atoms. The average molecular weight is 198 g/mol. The summed E-state index contributed by atoms with van der Waals surface area (Å²) in [5.41, 5.74) is 11.4. The first-order valence-electron chi connectivity index (χ1n) is 4.95. The second-order valence-electron chi connectivity index (χ2n) is 3.78. The smallest absolute Gasteiger partial charge is 0.0396 e. The monoisotopic (exact) mass is 198 g/mol. The lowest BCUT2D eigenvalue weighted by Gasteiger charge is -2.08. The summed E-state index contributed by atoms with van der Waals surface area (Å²) in [5.74, 6) is 0. The quantitative estimate of drug-likeness (QED) is 0.715. The zero-order chi connectivity index (χ0) is 10.8. The Morgan fingerprint density at radius 1 is 1.07 bits per heavy atom. The van der Waals surface area contributed by atoms with Gasteiger partial charge in [0.05, 0.1) is 0 Å². The van der Waals surface area contributed by atoms with E-state index in [9.17, 15) is 0 Å². The average Bonchev–Trinajstić information content (AvgIpc) is 2.20. The van der Waals surface area contributed by atoms with Gasteiger partial charge in [-0.1, -0.05) is 12.1 Å². The van der Waals surface area contributed by atoms with Crippen LogP contribution in [0.15, 0.2) is 36.7 Å². The molecule has 0 atom stereocenters. The van der Waals surface area contributed by atoms with Crippen molar-refractivity contribution in [2.45, 2.75) is 13.8 Å². The van der Waals surface area contributed by atoms with E-state index < -0.39 is 0 Å². The van der Waals surface area contributed by atoms with Crippen LogP contribution in [-0.4, -0.2) is 4.98 Å². The number of pyridine rings is 1. The largest absolute Gasteiger partial charge is 0.398 e. The molecular formula is C13H14N2. The van der Waals surface area contributed by atoms with Crippen molar-refractivity contribution in [1.29, 1.82) is 0 Å². The molecule has 0 spiro atoms. The molecule has 1 aromatic carbocycles. The Morgan fingerprint density at radius 2 is 1.87 bits per heavy atom. The van der Waals surface area contributed by atoms with E-state index in [1.165, 1.54) is 5.56 Å². The number of hydrogen-bond donors (Lipinski definition) is 1. The molecular weight excluding hydrogens is 184 g/mol. The highest BCUT2D eigenvalue weighted by atomic mass is 14.6. The van der Waals surface area contributed by atoms with Crippen LogP contribution in [-0.2, 0) is 0 Å². The van der Waals surface area contributed by atoms with Crippen LogP contribution in [0.3, 0.4) is 0 Å². The van der Waals surface area contributed by atoms with E-state index in [-0.39, 0.29) is 0 Å². The predicted molar refractivity (Wildman–Crippen MR) is 63.6 cm³/mol.